The Labute approximate surface area is 175 Å². The van der Waals surface area contributed by atoms with Crippen molar-refractivity contribution in [2.24, 2.45) is 7.05 Å². The second-order valence-electron chi connectivity index (χ2n) is 8.31. The predicted octanol–water partition coefficient (Wildman–Crippen LogP) is 4.09. The Bertz CT molecular complexity index is 1280. The number of amides is 1. The number of hydrogen-bond donors (Lipinski definition) is 2. The number of carbonyl (C=O) groups is 1. The van der Waals surface area contributed by atoms with E-state index in [0.717, 1.165) is 40.5 Å². The lowest BCUT2D eigenvalue weighted by molar-refractivity contribution is 0.102. The molecule has 5 rings (SSSR count). The van der Waals surface area contributed by atoms with Crippen molar-refractivity contribution in [2.75, 3.05) is 18.9 Å². The molecule has 7 nitrogen and oxygen atoms in total. The van der Waals surface area contributed by atoms with E-state index in [9.17, 15) is 4.79 Å². The number of fused-ring (bicyclic) bond motifs is 2. The molecule has 1 aromatic carbocycles. The van der Waals surface area contributed by atoms with E-state index in [1.165, 1.54) is 17.7 Å². The minimum atomic E-state index is -0.179. The number of pyridine rings is 1. The Morgan fingerprint density at radius 3 is 2.80 bits per heavy atom. The highest BCUT2D eigenvalue weighted by Gasteiger charge is 2.26. The molecule has 0 radical (unpaired) electrons. The smallest absolute Gasteiger partial charge is 0.256 e. The molecule has 3 aromatic heterocycles. The first kappa shape index (κ1) is 18.8. The maximum Gasteiger partial charge on any atom is 0.256 e. The minimum absolute atomic E-state index is 0.179. The highest BCUT2D eigenvalue weighted by molar-refractivity contribution is 6.06. The van der Waals surface area contributed by atoms with Gasteiger partial charge in [-0.3, -0.25) is 14.4 Å². The normalized spacial score (nSPS) is 17.3. The molecule has 0 spiro atoms. The molecule has 1 amide bonds. The molecule has 1 aliphatic rings. The molecule has 0 bridgehead atoms. The summed E-state index contributed by atoms with van der Waals surface area (Å²) in [6.45, 7) is 5.24. The van der Waals surface area contributed by atoms with E-state index in [2.05, 4.69) is 39.3 Å². The fourth-order valence-electron chi connectivity index (χ4n) is 4.69. The summed E-state index contributed by atoms with van der Waals surface area (Å²) in [5, 5.41) is 9.52. The zero-order valence-electron chi connectivity index (χ0n) is 17.8. The monoisotopic (exact) mass is 402 g/mol. The van der Waals surface area contributed by atoms with Gasteiger partial charge in [0.15, 0.2) is 0 Å². The molecule has 154 valence electrons. The van der Waals surface area contributed by atoms with Crippen LogP contribution in [0, 0.1) is 13.8 Å². The Balaban J connectivity index is 1.44. The van der Waals surface area contributed by atoms with Gasteiger partial charge in [0.25, 0.3) is 5.91 Å². The SMILES string of the molecule is Cc1c([C@H]2CCCN2C)[nH]c2cc(NC(=O)c3ccc4c(C)nn(C)c4c3)ncc12. The van der Waals surface area contributed by atoms with Gasteiger partial charge in [0.2, 0.25) is 0 Å². The van der Waals surface area contributed by atoms with Gasteiger partial charge in [-0.15, -0.1) is 0 Å². The molecular weight excluding hydrogens is 376 g/mol. The predicted molar refractivity (Wildman–Crippen MR) is 119 cm³/mol. The van der Waals surface area contributed by atoms with Crippen molar-refractivity contribution in [1.82, 2.24) is 24.6 Å². The molecule has 1 atom stereocenters. The Morgan fingerprint density at radius 2 is 2.03 bits per heavy atom. The summed E-state index contributed by atoms with van der Waals surface area (Å²) in [5.74, 6) is 0.364. The molecule has 1 fully saturated rings. The van der Waals surface area contributed by atoms with Gasteiger partial charge >= 0.3 is 0 Å². The number of H-pyrrole nitrogens is 1. The first-order chi connectivity index (χ1) is 14.4. The van der Waals surface area contributed by atoms with Crippen molar-refractivity contribution in [3.8, 4) is 0 Å². The number of nitrogens with one attached hydrogen (secondary N) is 2. The summed E-state index contributed by atoms with van der Waals surface area (Å²) in [6, 6.07) is 7.99. The number of aromatic nitrogens is 4. The van der Waals surface area contributed by atoms with Crippen molar-refractivity contribution in [3.05, 3.63) is 53.0 Å². The average molecular weight is 403 g/mol. The zero-order chi connectivity index (χ0) is 21.0. The van der Waals surface area contributed by atoms with Gasteiger partial charge in [-0.05, 0) is 58.0 Å². The van der Waals surface area contributed by atoms with Gasteiger partial charge in [0.1, 0.15) is 5.82 Å². The molecule has 1 aliphatic heterocycles. The first-order valence-corrected chi connectivity index (χ1v) is 10.4. The number of aromatic amines is 1. The minimum Gasteiger partial charge on any atom is -0.357 e. The molecule has 4 heterocycles. The van der Waals surface area contributed by atoms with E-state index in [-0.39, 0.29) is 5.91 Å². The highest BCUT2D eigenvalue weighted by Crippen LogP contribution is 2.35. The van der Waals surface area contributed by atoms with Gasteiger partial charge in [0.05, 0.1) is 16.7 Å². The Morgan fingerprint density at radius 1 is 1.20 bits per heavy atom. The molecule has 4 aromatic rings. The number of anilines is 1. The van der Waals surface area contributed by atoms with Gasteiger partial charge in [-0.25, -0.2) is 4.98 Å². The molecule has 0 unspecified atom stereocenters. The second-order valence-corrected chi connectivity index (χ2v) is 8.31. The standard InChI is InChI=1S/C23H26N6O/c1-13-17-12-24-21(11-18(17)25-22(13)19-6-5-9-28(19)3)26-23(30)15-7-8-16-14(2)27-29(4)20(16)10-15/h7-8,10-12,19,25H,5-6,9H2,1-4H3,(H,24,26,30)/t19-/m1/s1. The van der Waals surface area contributed by atoms with Gasteiger partial charge < -0.3 is 10.3 Å². The maximum absolute atomic E-state index is 12.8. The van der Waals surface area contributed by atoms with Crippen LogP contribution in [0.5, 0.6) is 0 Å². The number of aryl methyl sites for hydroxylation is 3. The van der Waals surface area contributed by atoms with Crippen LogP contribution < -0.4 is 5.32 Å². The topological polar surface area (TPSA) is 78.8 Å². The summed E-state index contributed by atoms with van der Waals surface area (Å²) < 4.78 is 1.80. The molecule has 2 N–H and O–H groups in total. The number of benzene rings is 1. The van der Waals surface area contributed by atoms with Crippen molar-refractivity contribution < 1.29 is 4.79 Å². The molecular formula is C23H26N6O. The van der Waals surface area contributed by atoms with Crippen molar-refractivity contribution in [3.63, 3.8) is 0 Å². The van der Waals surface area contributed by atoms with Crippen LogP contribution in [0.1, 0.15) is 46.2 Å². The fraction of sp³-hybridized carbons (Fsp3) is 0.348. The van der Waals surface area contributed by atoms with Crippen LogP contribution in [0.4, 0.5) is 5.82 Å². The number of hydrogen-bond acceptors (Lipinski definition) is 4. The lowest BCUT2D eigenvalue weighted by atomic mass is 10.1. The first-order valence-electron chi connectivity index (χ1n) is 10.4. The summed E-state index contributed by atoms with van der Waals surface area (Å²) in [6.07, 6.45) is 4.23. The molecule has 0 saturated carbocycles. The number of carbonyl (C=O) groups excluding carboxylic acids is 1. The third kappa shape index (κ3) is 2.97. The number of nitrogens with zero attached hydrogens (tertiary/aromatic N) is 4. The molecule has 30 heavy (non-hydrogen) atoms. The zero-order valence-corrected chi connectivity index (χ0v) is 17.8. The largest absolute Gasteiger partial charge is 0.357 e. The van der Waals surface area contributed by atoms with Crippen LogP contribution >= 0.6 is 0 Å². The quantitative estimate of drug-likeness (QED) is 0.541. The van der Waals surface area contributed by atoms with E-state index >= 15 is 0 Å². The van der Waals surface area contributed by atoms with Crippen molar-refractivity contribution in [2.45, 2.75) is 32.7 Å². The molecule has 1 saturated heterocycles. The molecule has 0 aliphatic carbocycles. The van der Waals surface area contributed by atoms with Crippen molar-refractivity contribution >= 4 is 33.5 Å². The second kappa shape index (κ2) is 6.95. The van der Waals surface area contributed by atoms with Crippen LogP contribution in [0.25, 0.3) is 21.8 Å². The van der Waals surface area contributed by atoms with Gasteiger partial charge in [0, 0.05) is 47.4 Å². The van der Waals surface area contributed by atoms with E-state index in [1.807, 2.05) is 44.4 Å². The van der Waals surface area contributed by atoms with E-state index in [1.54, 1.807) is 4.68 Å². The van der Waals surface area contributed by atoms with E-state index in [0.29, 0.717) is 17.4 Å². The van der Waals surface area contributed by atoms with Crippen LogP contribution in [0.15, 0.2) is 30.5 Å². The van der Waals surface area contributed by atoms with E-state index in [4.69, 9.17) is 0 Å². The molecule has 7 heteroatoms. The van der Waals surface area contributed by atoms with Crippen molar-refractivity contribution in [1.29, 1.82) is 0 Å². The third-order valence-corrected chi connectivity index (χ3v) is 6.37. The Kier molecular flexibility index (Phi) is 4.36. The number of rotatable bonds is 3. The summed E-state index contributed by atoms with van der Waals surface area (Å²) in [7, 11) is 4.06. The highest BCUT2D eigenvalue weighted by atomic mass is 16.1. The Hall–Kier alpha value is -3.19. The summed E-state index contributed by atoms with van der Waals surface area (Å²) >= 11 is 0. The van der Waals surface area contributed by atoms with Crippen LogP contribution in [0.3, 0.4) is 0 Å². The lowest BCUT2D eigenvalue weighted by Gasteiger charge is -2.19. The average Bonchev–Trinajstić information content (AvgIpc) is 3.37. The third-order valence-electron chi connectivity index (χ3n) is 6.37. The maximum atomic E-state index is 12.8. The van der Waals surface area contributed by atoms with Crippen LogP contribution in [-0.4, -0.2) is 44.1 Å². The fourth-order valence-corrected chi connectivity index (χ4v) is 4.69. The lowest BCUT2D eigenvalue weighted by Crippen LogP contribution is -2.18. The number of likely N-dealkylation sites (tertiary alicyclic amines) is 1. The van der Waals surface area contributed by atoms with Crippen LogP contribution in [-0.2, 0) is 7.05 Å². The summed E-state index contributed by atoms with van der Waals surface area (Å²) in [5.41, 5.74) is 5.99. The summed E-state index contributed by atoms with van der Waals surface area (Å²) in [4.78, 5) is 23.3. The van der Waals surface area contributed by atoms with E-state index < -0.39 is 0 Å². The van der Waals surface area contributed by atoms with Crippen LogP contribution in [0.2, 0.25) is 0 Å². The van der Waals surface area contributed by atoms with Gasteiger partial charge in [-0.1, -0.05) is 6.07 Å². The van der Waals surface area contributed by atoms with Gasteiger partial charge in [-0.2, -0.15) is 5.10 Å².